The van der Waals surface area contributed by atoms with E-state index in [4.69, 9.17) is 16.6 Å². The van der Waals surface area contributed by atoms with E-state index in [1.54, 1.807) is 0 Å². The fraction of sp³-hybridized carbons (Fsp3) is 0.632. The van der Waals surface area contributed by atoms with Crippen molar-refractivity contribution in [2.75, 3.05) is 49.9 Å². The van der Waals surface area contributed by atoms with Gasteiger partial charge in [0.25, 0.3) is 0 Å². The minimum absolute atomic E-state index is 0. The molecule has 0 aliphatic carbocycles. The molecule has 0 bridgehead atoms. The molecule has 27 heavy (non-hydrogen) atoms. The smallest absolute Gasteiger partial charge is 0.194 e. The molecule has 8 heteroatoms. The first kappa shape index (κ1) is 24.5. The van der Waals surface area contributed by atoms with E-state index in [0.717, 1.165) is 49.4 Å². The average molecular weight is 527 g/mol. The minimum Gasteiger partial charge on any atom is -0.367 e. The molecule has 1 aromatic rings. The molecule has 154 valence electrons. The summed E-state index contributed by atoms with van der Waals surface area (Å²) in [5.41, 5.74) is 1.09. The van der Waals surface area contributed by atoms with Crippen molar-refractivity contribution in [2.24, 2.45) is 4.99 Å². The van der Waals surface area contributed by atoms with Crippen molar-refractivity contribution in [2.45, 2.75) is 32.4 Å². The van der Waals surface area contributed by atoms with Crippen LogP contribution in [0.1, 0.15) is 27.7 Å². The van der Waals surface area contributed by atoms with Gasteiger partial charge >= 0.3 is 0 Å². The topological polar surface area (TPSA) is 47.9 Å². The van der Waals surface area contributed by atoms with Gasteiger partial charge in [0.05, 0.1) is 17.3 Å². The molecule has 0 radical (unpaired) electrons. The first-order valence-electron chi connectivity index (χ1n) is 9.24. The van der Waals surface area contributed by atoms with Gasteiger partial charge in [0.2, 0.25) is 0 Å². The summed E-state index contributed by atoms with van der Waals surface area (Å²) >= 11 is 6.32. The maximum absolute atomic E-state index is 12.2. The molecule has 0 amide bonds. The molecule has 5 nitrogen and oxygen atoms in total. The van der Waals surface area contributed by atoms with Crippen molar-refractivity contribution < 1.29 is 4.21 Å². The Kier molecular flexibility index (Phi) is 10.4. The molecule has 1 unspecified atom stereocenters. The highest BCUT2D eigenvalue weighted by molar-refractivity contribution is 14.0. The largest absolute Gasteiger partial charge is 0.367 e. The summed E-state index contributed by atoms with van der Waals surface area (Å²) in [5.74, 6) is 1.51. The van der Waals surface area contributed by atoms with Crippen LogP contribution in [0.15, 0.2) is 29.3 Å². The first-order chi connectivity index (χ1) is 12.3. The highest BCUT2D eigenvalue weighted by Crippen LogP contribution is 2.26. The Morgan fingerprint density at radius 1 is 1.22 bits per heavy atom. The quantitative estimate of drug-likeness (QED) is 0.362. The second-order valence-electron chi connectivity index (χ2n) is 7.32. The van der Waals surface area contributed by atoms with Crippen molar-refractivity contribution >= 4 is 58.0 Å². The van der Waals surface area contributed by atoms with E-state index in [1.165, 1.54) is 0 Å². The third-order valence-electron chi connectivity index (χ3n) is 4.33. The number of halogens is 2. The molecular weight excluding hydrogens is 495 g/mol. The van der Waals surface area contributed by atoms with Gasteiger partial charge in [0, 0.05) is 54.0 Å². The summed E-state index contributed by atoms with van der Waals surface area (Å²) in [6.07, 6.45) is 0. The highest BCUT2D eigenvalue weighted by atomic mass is 127. The Balaban J connectivity index is 0.00000364. The van der Waals surface area contributed by atoms with Gasteiger partial charge in [-0.15, -0.1) is 24.0 Å². The van der Waals surface area contributed by atoms with Crippen molar-refractivity contribution in [3.63, 3.8) is 0 Å². The maximum Gasteiger partial charge on any atom is 0.194 e. The van der Waals surface area contributed by atoms with E-state index < -0.39 is 10.8 Å². The second-order valence-corrected chi connectivity index (χ2v) is 10.1. The molecule has 1 atom stereocenters. The van der Waals surface area contributed by atoms with E-state index in [9.17, 15) is 4.21 Å². The number of hydrogen-bond donors (Lipinski definition) is 1. The van der Waals surface area contributed by atoms with Gasteiger partial charge in [-0.2, -0.15) is 0 Å². The number of hydrogen-bond acceptors (Lipinski definition) is 3. The zero-order chi connectivity index (χ0) is 19.2. The fourth-order valence-corrected chi connectivity index (χ4v) is 3.96. The number of anilines is 1. The van der Waals surface area contributed by atoms with Crippen LogP contribution >= 0.6 is 35.6 Å². The lowest BCUT2D eigenvalue weighted by Crippen LogP contribution is -2.52. The van der Waals surface area contributed by atoms with E-state index in [1.807, 2.05) is 39.0 Å². The molecule has 1 aliphatic rings. The van der Waals surface area contributed by atoms with Gasteiger partial charge in [-0.05, 0) is 39.8 Å². The molecule has 0 aromatic heterocycles. The number of rotatable bonds is 5. The molecular formula is C19H32ClIN4OS. The van der Waals surface area contributed by atoms with Crippen LogP contribution in [0.4, 0.5) is 5.69 Å². The van der Waals surface area contributed by atoms with Crippen LogP contribution in [-0.4, -0.2) is 64.8 Å². The van der Waals surface area contributed by atoms with Crippen LogP contribution in [0.25, 0.3) is 0 Å². The Morgan fingerprint density at radius 3 is 2.41 bits per heavy atom. The van der Waals surface area contributed by atoms with Gasteiger partial charge in [-0.25, -0.2) is 0 Å². The molecule has 1 saturated heterocycles. The van der Waals surface area contributed by atoms with Crippen molar-refractivity contribution in [1.29, 1.82) is 0 Å². The minimum atomic E-state index is -0.872. The van der Waals surface area contributed by atoms with E-state index in [-0.39, 0.29) is 28.7 Å². The van der Waals surface area contributed by atoms with Gasteiger partial charge < -0.3 is 15.1 Å². The summed E-state index contributed by atoms with van der Waals surface area (Å²) in [6, 6.07) is 7.98. The van der Waals surface area contributed by atoms with Crippen molar-refractivity contribution in [3.05, 3.63) is 29.3 Å². The molecule has 2 rings (SSSR count). The van der Waals surface area contributed by atoms with Crippen LogP contribution in [0.5, 0.6) is 0 Å². The number of aliphatic imine (C=N–C) groups is 1. The lowest BCUT2D eigenvalue weighted by Gasteiger charge is -2.38. The second kappa shape index (κ2) is 11.5. The number of benzene rings is 1. The van der Waals surface area contributed by atoms with Gasteiger partial charge in [0.1, 0.15) is 0 Å². The van der Waals surface area contributed by atoms with Crippen LogP contribution < -0.4 is 10.2 Å². The van der Waals surface area contributed by atoms with Gasteiger partial charge in [-0.3, -0.25) is 9.20 Å². The summed E-state index contributed by atoms with van der Waals surface area (Å²) in [4.78, 5) is 9.29. The van der Waals surface area contributed by atoms with Crippen LogP contribution in [0.3, 0.4) is 0 Å². The van der Waals surface area contributed by atoms with E-state index >= 15 is 0 Å². The van der Waals surface area contributed by atoms with E-state index in [0.29, 0.717) is 12.3 Å². The van der Waals surface area contributed by atoms with Crippen LogP contribution in [-0.2, 0) is 10.8 Å². The SMILES string of the molecule is CCNC(=NCCS(=O)C(C)(C)C)N1CCN(c2ccccc2Cl)CC1.I. The molecule has 1 aromatic carbocycles. The number of nitrogens with one attached hydrogen (secondary N) is 1. The number of para-hydroxylation sites is 1. The maximum atomic E-state index is 12.2. The Hall–Kier alpha value is -0.540. The van der Waals surface area contributed by atoms with Gasteiger partial charge in [0.15, 0.2) is 5.96 Å². The number of nitrogens with zero attached hydrogens (tertiary/aromatic N) is 3. The Morgan fingerprint density at radius 2 is 1.85 bits per heavy atom. The van der Waals surface area contributed by atoms with Gasteiger partial charge in [-0.1, -0.05) is 23.7 Å². The third-order valence-corrected chi connectivity index (χ3v) is 6.57. The third kappa shape index (κ3) is 7.42. The number of piperazine rings is 1. The van der Waals surface area contributed by atoms with Crippen LogP contribution in [0.2, 0.25) is 5.02 Å². The Labute approximate surface area is 188 Å². The first-order valence-corrected chi connectivity index (χ1v) is 10.9. The summed E-state index contributed by atoms with van der Waals surface area (Å²) in [7, 11) is -0.872. The highest BCUT2D eigenvalue weighted by Gasteiger charge is 2.22. The van der Waals surface area contributed by atoms with Crippen LogP contribution in [0, 0.1) is 0 Å². The molecule has 1 N–H and O–H groups in total. The van der Waals surface area contributed by atoms with E-state index in [2.05, 4.69) is 28.1 Å². The normalized spacial score (nSPS) is 16.7. The lowest BCUT2D eigenvalue weighted by atomic mass is 10.2. The summed E-state index contributed by atoms with van der Waals surface area (Å²) in [6.45, 7) is 13.1. The molecule has 1 fully saturated rings. The Bertz CT molecular complexity index is 643. The predicted molar refractivity (Wildman–Crippen MR) is 129 cm³/mol. The van der Waals surface area contributed by atoms with Crippen molar-refractivity contribution in [3.8, 4) is 0 Å². The fourth-order valence-electron chi connectivity index (χ4n) is 2.83. The monoisotopic (exact) mass is 526 g/mol. The summed E-state index contributed by atoms with van der Waals surface area (Å²) < 4.78 is 12.0. The van der Waals surface area contributed by atoms with Crippen molar-refractivity contribution in [1.82, 2.24) is 10.2 Å². The number of guanidine groups is 1. The lowest BCUT2D eigenvalue weighted by molar-refractivity contribution is 0.373. The summed E-state index contributed by atoms with van der Waals surface area (Å²) in [5, 5.41) is 4.16. The molecule has 0 saturated carbocycles. The zero-order valence-electron chi connectivity index (χ0n) is 16.7. The standard InChI is InChI=1S/C19H31ClN4OS.HI/c1-5-21-18(22-10-15-26(25)19(2,3)4)24-13-11-23(12-14-24)17-9-7-6-8-16(17)20;/h6-9H,5,10-15H2,1-4H3,(H,21,22);1H. The molecule has 1 heterocycles. The average Bonchev–Trinajstić information content (AvgIpc) is 2.61. The zero-order valence-corrected chi connectivity index (χ0v) is 20.6. The predicted octanol–water partition coefficient (Wildman–Crippen LogP) is 3.59. The molecule has 0 spiro atoms. The molecule has 1 aliphatic heterocycles.